The molecule has 1 aliphatic heterocycles. The maximum absolute atomic E-state index is 13.7. The molecule has 1 amide bonds. The van der Waals surface area contributed by atoms with E-state index in [0.29, 0.717) is 36.5 Å². The highest BCUT2D eigenvalue weighted by Crippen LogP contribution is 2.60. The molecule has 7 nitrogen and oxygen atoms in total. The lowest BCUT2D eigenvalue weighted by Gasteiger charge is -2.56. The monoisotopic (exact) mass is 435 g/mol. The average Bonchev–Trinajstić information content (AvgIpc) is 3.47. The van der Waals surface area contributed by atoms with Crippen LogP contribution in [0.4, 0.5) is 0 Å². The standard InChI is InChI=1S/C25H29N3O4/c29-23(31-15-21-26-22(27-32-21)19-5-2-1-3-6-19)20-7-4-8-28(20)24(30)25-12-16-9-17(13-25)11-18(10-16)14-25/h1-3,5-6,16-18,20H,4,7-15H2/t16?,17?,18?,20-,25?/m0/s1. The highest BCUT2D eigenvalue weighted by Gasteiger charge is 2.57. The molecular weight excluding hydrogens is 406 g/mol. The molecule has 32 heavy (non-hydrogen) atoms. The van der Waals surface area contributed by atoms with E-state index in [1.807, 2.05) is 35.2 Å². The molecule has 2 aromatic rings. The van der Waals surface area contributed by atoms with E-state index in [0.717, 1.165) is 31.2 Å². The van der Waals surface area contributed by atoms with Crippen LogP contribution in [0.15, 0.2) is 34.9 Å². The second-order valence-corrected chi connectivity index (χ2v) is 10.3. The summed E-state index contributed by atoms with van der Waals surface area (Å²) in [6.45, 7) is 0.577. The lowest BCUT2D eigenvalue weighted by atomic mass is 9.49. The third-order valence-corrected chi connectivity index (χ3v) is 8.12. The van der Waals surface area contributed by atoms with Crippen LogP contribution in [0.2, 0.25) is 0 Å². The van der Waals surface area contributed by atoms with Gasteiger partial charge in [0.15, 0.2) is 6.61 Å². The maximum atomic E-state index is 13.7. The predicted octanol–water partition coefficient (Wildman–Crippen LogP) is 3.99. The molecule has 1 saturated heterocycles. The molecule has 7 rings (SSSR count). The van der Waals surface area contributed by atoms with E-state index in [1.165, 1.54) is 19.3 Å². The SMILES string of the molecule is O=C(OCc1nc(-c2ccccc2)no1)[C@@H]1CCCN1C(=O)C12CC3CC(CC(C3)C1)C2. The quantitative estimate of drug-likeness (QED) is 0.660. The molecule has 0 N–H and O–H groups in total. The minimum atomic E-state index is -0.494. The Bertz CT molecular complexity index is 982. The fraction of sp³-hybridized carbons (Fsp3) is 0.600. The van der Waals surface area contributed by atoms with Crippen LogP contribution in [0.25, 0.3) is 11.4 Å². The van der Waals surface area contributed by atoms with E-state index in [-0.39, 0.29) is 29.8 Å². The van der Waals surface area contributed by atoms with Gasteiger partial charge in [-0.25, -0.2) is 4.79 Å². The summed E-state index contributed by atoms with van der Waals surface area (Å²) in [7, 11) is 0. The minimum Gasteiger partial charge on any atom is -0.454 e. The fourth-order valence-corrected chi connectivity index (χ4v) is 7.18. The zero-order valence-corrected chi connectivity index (χ0v) is 18.2. The molecule has 5 fully saturated rings. The van der Waals surface area contributed by atoms with E-state index in [1.54, 1.807) is 0 Å². The van der Waals surface area contributed by atoms with E-state index < -0.39 is 6.04 Å². The molecule has 0 unspecified atom stereocenters. The second kappa shape index (κ2) is 7.71. The molecule has 1 atom stereocenters. The van der Waals surface area contributed by atoms with Crippen molar-refractivity contribution in [1.29, 1.82) is 0 Å². The van der Waals surface area contributed by atoms with Crippen LogP contribution in [0.5, 0.6) is 0 Å². The molecule has 1 aromatic carbocycles. The summed E-state index contributed by atoms with van der Waals surface area (Å²) in [5.74, 6) is 2.68. The molecule has 1 aromatic heterocycles. The fourth-order valence-electron chi connectivity index (χ4n) is 7.18. The first-order valence-electron chi connectivity index (χ1n) is 12.0. The molecule has 5 aliphatic rings. The first kappa shape index (κ1) is 19.9. The number of benzene rings is 1. The Kier molecular flexibility index (Phi) is 4.81. The minimum absolute atomic E-state index is 0.0748. The van der Waals surface area contributed by atoms with E-state index >= 15 is 0 Å². The third-order valence-electron chi connectivity index (χ3n) is 8.12. The highest BCUT2D eigenvalue weighted by atomic mass is 16.6. The molecular formula is C25H29N3O4. The van der Waals surface area contributed by atoms with Gasteiger partial charge in [-0.05, 0) is 69.1 Å². The lowest BCUT2D eigenvalue weighted by Crippen LogP contribution is -2.56. The van der Waals surface area contributed by atoms with Crippen LogP contribution in [-0.4, -0.2) is 39.5 Å². The molecule has 0 spiro atoms. The van der Waals surface area contributed by atoms with Crippen LogP contribution < -0.4 is 0 Å². The van der Waals surface area contributed by atoms with Crippen molar-refractivity contribution in [2.24, 2.45) is 23.2 Å². The number of hydrogen-bond donors (Lipinski definition) is 0. The number of esters is 1. The van der Waals surface area contributed by atoms with Crippen molar-refractivity contribution in [3.63, 3.8) is 0 Å². The van der Waals surface area contributed by atoms with Crippen LogP contribution in [0.1, 0.15) is 57.3 Å². The molecule has 4 saturated carbocycles. The summed E-state index contributed by atoms with van der Waals surface area (Å²) in [5.41, 5.74) is 0.617. The van der Waals surface area contributed by atoms with Crippen molar-refractivity contribution in [2.45, 2.75) is 64.0 Å². The smallest absolute Gasteiger partial charge is 0.329 e. The van der Waals surface area contributed by atoms with Crippen molar-refractivity contribution < 1.29 is 18.8 Å². The lowest BCUT2D eigenvalue weighted by molar-refractivity contribution is -0.166. The van der Waals surface area contributed by atoms with Gasteiger partial charge >= 0.3 is 5.97 Å². The topological polar surface area (TPSA) is 85.5 Å². The highest BCUT2D eigenvalue weighted by molar-refractivity contribution is 5.89. The van der Waals surface area contributed by atoms with Crippen molar-refractivity contribution in [3.05, 3.63) is 36.2 Å². The summed E-state index contributed by atoms with van der Waals surface area (Å²) in [6.07, 6.45) is 8.45. The number of carbonyl (C=O) groups excluding carboxylic acids is 2. The van der Waals surface area contributed by atoms with Crippen LogP contribution in [0, 0.1) is 23.2 Å². The summed E-state index contributed by atoms with van der Waals surface area (Å²) in [5, 5.41) is 3.97. The van der Waals surface area contributed by atoms with Crippen molar-refractivity contribution in [2.75, 3.05) is 6.54 Å². The Balaban J connectivity index is 1.11. The Hall–Kier alpha value is -2.70. The number of rotatable bonds is 5. The number of hydrogen-bond acceptors (Lipinski definition) is 6. The van der Waals surface area contributed by atoms with Gasteiger partial charge in [-0.15, -0.1) is 0 Å². The second-order valence-electron chi connectivity index (χ2n) is 10.3. The first-order chi connectivity index (χ1) is 15.6. The van der Waals surface area contributed by atoms with Crippen molar-refractivity contribution >= 4 is 11.9 Å². The molecule has 4 aliphatic carbocycles. The summed E-state index contributed by atoms with van der Waals surface area (Å²) in [6, 6.07) is 9.03. The largest absolute Gasteiger partial charge is 0.454 e. The zero-order chi connectivity index (χ0) is 21.7. The van der Waals surface area contributed by atoms with Gasteiger partial charge in [0.25, 0.3) is 5.89 Å². The normalized spacial score (nSPS) is 32.9. The van der Waals surface area contributed by atoms with Gasteiger partial charge in [-0.2, -0.15) is 4.98 Å². The number of carbonyl (C=O) groups is 2. The van der Waals surface area contributed by atoms with Gasteiger partial charge in [0.1, 0.15) is 6.04 Å². The van der Waals surface area contributed by atoms with Gasteiger partial charge in [-0.1, -0.05) is 35.5 Å². The number of likely N-dealkylation sites (tertiary alicyclic amines) is 1. The number of ether oxygens (including phenoxy) is 1. The molecule has 2 heterocycles. The average molecular weight is 436 g/mol. The molecule has 0 radical (unpaired) electrons. The van der Waals surface area contributed by atoms with E-state index in [4.69, 9.17) is 9.26 Å². The van der Waals surface area contributed by atoms with E-state index in [2.05, 4.69) is 10.1 Å². The summed E-state index contributed by atoms with van der Waals surface area (Å²) >= 11 is 0. The van der Waals surface area contributed by atoms with Crippen LogP contribution in [-0.2, 0) is 20.9 Å². The Morgan fingerprint density at radius 2 is 1.75 bits per heavy atom. The zero-order valence-electron chi connectivity index (χ0n) is 18.2. The van der Waals surface area contributed by atoms with Gasteiger partial charge in [0, 0.05) is 12.1 Å². The maximum Gasteiger partial charge on any atom is 0.329 e. The number of aromatic nitrogens is 2. The number of amides is 1. The summed E-state index contributed by atoms with van der Waals surface area (Å²) in [4.78, 5) is 32.8. The van der Waals surface area contributed by atoms with Crippen LogP contribution in [0.3, 0.4) is 0 Å². The Labute approximate surface area is 187 Å². The van der Waals surface area contributed by atoms with Gasteiger partial charge in [-0.3, -0.25) is 4.79 Å². The molecule has 168 valence electrons. The Morgan fingerprint density at radius 3 is 2.44 bits per heavy atom. The van der Waals surface area contributed by atoms with Crippen molar-refractivity contribution in [1.82, 2.24) is 15.0 Å². The third kappa shape index (κ3) is 3.42. The Morgan fingerprint density at radius 1 is 1.06 bits per heavy atom. The van der Waals surface area contributed by atoms with Gasteiger partial charge < -0.3 is 14.2 Å². The predicted molar refractivity (Wildman–Crippen MR) is 115 cm³/mol. The van der Waals surface area contributed by atoms with Crippen LogP contribution >= 0.6 is 0 Å². The summed E-state index contributed by atoms with van der Waals surface area (Å²) < 4.78 is 10.8. The van der Waals surface area contributed by atoms with Gasteiger partial charge in [0.2, 0.25) is 11.7 Å². The first-order valence-corrected chi connectivity index (χ1v) is 12.0. The number of nitrogens with zero attached hydrogens (tertiary/aromatic N) is 3. The van der Waals surface area contributed by atoms with E-state index in [9.17, 15) is 9.59 Å². The molecule has 4 bridgehead atoms. The van der Waals surface area contributed by atoms with Gasteiger partial charge in [0.05, 0.1) is 5.41 Å². The molecule has 7 heteroatoms. The van der Waals surface area contributed by atoms with Crippen molar-refractivity contribution in [3.8, 4) is 11.4 Å².